The monoisotopic (exact) mass is 572 g/mol. The minimum atomic E-state index is -0.699. The Hall–Kier alpha value is -2.67. The third kappa shape index (κ3) is 9.26. The molecule has 0 aromatic heterocycles. The molecule has 8 heteroatoms. The first-order chi connectivity index (χ1) is 18.1. The van der Waals surface area contributed by atoms with Crippen molar-refractivity contribution in [2.45, 2.75) is 51.1 Å². The number of carbonyl (C=O) groups is 2. The molecule has 1 N–H and O–H groups in total. The summed E-state index contributed by atoms with van der Waals surface area (Å²) in [5.41, 5.74) is 2.31. The topological polar surface area (TPSA) is 58.6 Å². The van der Waals surface area contributed by atoms with Gasteiger partial charge in [0.05, 0.1) is 12.9 Å². The predicted octanol–water partition coefficient (Wildman–Crippen LogP) is 6.79. The summed E-state index contributed by atoms with van der Waals surface area (Å²) >= 11 is 13.8. The van der Waals surface area contributed by atoms with E-state index in [9.17, 15) is 9.59 Å². The fraction of sp³-hybridized carbons (Fsp3) is 0.333. The van der Waals surface area contributed by atoms with Gasteiger partial charge >= 0.3 is 0 Å². The molecule has 0 aliphatic carbocycles. The number of carbonyl (C=O) groups excluding carboxylic acids is 2. The first-order valence-electron chi connectivity index (χ1n) is 12.4. The third-order valence-electron chi connectivity index (χ3n) is 5.75. The van der Waals surface area contributed by atoms with Crippen LogP contribution in [0.4, 0.5) is 0 Å². The van der Waals surface area contributed by atoms with Crippen LogP contribution in [-0.4, -0.2) is 41.2 Å². The van der Waals surface area contributed by atoms with E-state index >= 15 is 0 Å². The molecule has 0 saturated heterocycles. The highest BCUT2D eigenvalue weighted by Crippen LogP contribution is 2.26. The molecule has 0 saturated carbocycles. The Labute approximate surface area is 239 Å². The van der Waals surface area contributed by atoms with E-state index in [1.807, 2.05) is 81.4 Å². The molecule has 3 rings (SSSR count). The fourth-order valence-corrected chi connectivity index (χ4v) is 5.41. The zero-order chi connectivity index (χ0) is 27.7. The number of rotatable bonds is 11. The predicted molar refractivity (Wildman–Crippen MR) is 158 cm³/mol. The van der Waals surface area contributed by atoms with Crippen molar-refractivity contribution in [3.8, 4) is 5.75 Å². The average Bonchev–Trinajstić information content (AvgIpc) is 2.87. The Kier molecular flexibility index (Phi) is 11.0. The number of halogens is 2. The van der Waals surface area contributed by atoms with Gasteiger partial charge in [0.1, 0.15) is 11.8 Å². The Balaban J connectivity index is 1.89. The van der Waals surface area contributed by atoms with Crippen LogP contribution in [0.1, 0.15) is 37.5 Å². The van der Waals surface area contributed by atoms with Gasteiger partial charge in [0.2, 0.25) is 11.8 Å². The van der Waals surface area contributed by atoms with Gasteiger partial charge < -0.3 is 15.0 Å². The number of hydrogen-bond donors (Lipinski definition) is 1. The first kappa shape index (κ1) is 29.9. The number of methoxy groups -OCH3 is 1. The second-order valence-corrected chi connectivity index (χ2v) is 11.9. The summed E-state index contributed by atoms with van der Waals surface area (Å²) in [7, 11) is 1.61. The molecule has 0 heterocycles. The van der Waals surface area contributed by atoms with Crippen LogP contribution in [0.5, 0.6) is 5.75 Å². The highest BCUT2D eigenvalue weighted by Gasteiger charge is 2.32. The van der Waals surface area contributed by atoms with Crippen molar-refractivity contribution in [2.75, 3.05) is 12.9 Å². The number of amides is 2. The first-order valence-corrected chi connectivity index (χ1v) is 14.3. The summed E-state index contributed by atoms with van der Waals surface area (Å²) in [4.78, 5) is 29.1. The highest BCUT2D eigenvalue weighted by atomic mass is 35.5. The summed E-state index contributed by atoms with van der Waals surface area (Å²) in [5, 5.41) is 4.22. The molecule has 0 spiro atoms. The van der Waals surface area contributed by atoms with Gasteiger partial charge in [0.25, 0.3) is 0 Å². The van der Waals surface area contributed by atoms with Crippen LogP contribution >= 0.6 is 35.0 Å². The van der Waals surface area contributed by atoms with Crippen LogP contribution in [0.25, 0.3) is 0 Å². The van der Waals surface area contributed by atoms with Gasteiger partial charge in [-0.2, -0.15) is 0 Å². The smallest absolute Gasteiger partial charge is 0.243 e. The van der Waals surface area contributed by atoms with Crippen LogP contribution in [0, 0.1) is 0 Å². The van der Waals surface area contributed by atoms with E-state index in [2.05, 4.69) is 5.32 Å². The molecule has 0 aliphatic heterocycles. The summed E-state index contributed by atoms with van der Waals surface area (Å²) in [5.74, 6) is 1.11. The molecule has 2 amide bonds. The Bertz CT molecular complexity index is 1230. The van der Waals surface area contributed by atoms with Gasteiger partial charge in [-0.1, -0.05) is 71.7 Å². The molecule has 3 aromatic carbocycles. The van der Waals surface area contributed by atoms with E-state index in [-0.39, 0.29) is 24.1 Å². The van der Waals surface area contributed by atoms with Crippen LogP contribution in [0.3, 0.4) is 0 Å². The minimum absolute atomic E-state index is 0.132. The van der Waals surface area contributed by atoms with Crippen LogP contribution in [0.2, 0.25) is 10.0 Å². The Morgan fingerprint density at radius 3 is 2.34 bits per heavy atom. The largest absolute Gasteiger partial charge is 0.497 e. The van der Waals surface area contributed by atoms with E-state index in [1.54, 1.807) is 24.1 Å². The summed E-state index contributed by atoms with van der Waals surface area (Å²) in [6.45, 7) is 6.08. The van der Waals surface area contributed by atoms with Crippen LogP contribution in [-0.2, 0) is 28.3 Å². The lowest BCUT2D eigenvalue weighted by atomic mass is 10.0. The molecule has 0 bridgehead atoms. The molecular formula is C30H34Cl2N2O3S. The number of ether oxygens (including phenoxy) is 1. The molecular weight excluding hydrogens is 539 g/mol. The highest BCUT2D eigenvalue weighted by molar-refractivity contribution is 7.99. The summed E-state index contributed by atoms with van der Waals surface area (Å²) < 4.78 is 5.39. The standard InChI is InChI=1S/C30H34Cl2N2O3S/c1-30(2,3)33-29(36)27(16-21-9-6-5-7-10-21)34(18-22-11-8-12-25(15-22)37-4)28(35)20-38-19-23-13-14-24(31)17-26(23)32/h5-15,17,27H,16,18-20H2,1-4H3,(H,33,36)/t27-/m0/s1. The quantitative estimate of drug-likeness (QED) is 0.275. The van der Waals surface area contributed by atoms with Gasteiger partial charge in [-0.15, -0.1) is 11.8 Å². The second kappa shape index (κ2) is 13.9. The Morgan fingerprint density at radius 1 is 0.974 bits per heavy atom. The van der Waals surface area contributed by atoms with E-state index in [1.165, 1.54) is 11.8 Å². The lowest BCUT2D eigenvalue weighted by Crippen LogP contribution is -2.54. The van der Waals surface area contributed by atoms with E-state index in [0.29, 0.717) is 28.0 Å². The van der Waals surface area contributed by atoms with Crippen LogP contribution in [0.15, 0.2) is 72.8 Å². The fourth-order valence-electron chi connectivity index (χ4n) is 3.94. The molecule has 202 valence electrons. The number of thioether (sulfide) groups is 1. The van der Waals surface area contributed by atoms with Crippen molar-refractivity contribution >= 4 is 46.8 Å². The molecule has 0 radical (unpaired) electrons. The van der Waals surface area contributed by atoms with Crippen molar-refractivity contribution in [3.05, 3.63) is 99.5 Å². The van der Waals surface area contributed by atoms with Gasteiger partial charge in [0, 0.05) is 34.3 Å². The lowest BCUT2D eigenvalue weighted by Gasteiger charge is -2.34. The van der Waals surface area contributed by atoms with E-state index in [0.717, 1.165) is 16.7 Å². The number of benzene rings is 3. The van der Waals surface area contributed by atoms with Gasteiger partial charge in [0.15, 0.2) is 0 Å². The number of nitrogens with zero attached hydrogens (tertiary/aromatic N) is 1. The van der Waals surface area contributed by atoms with E-state index in [4.69, 9.17) is 27.9 Å². The van der Waals surface area contributed by atoms with Gasteiger partial charge in [-0.05, 0) is 61.7 Å². The molecule has 3 aromatic rings. The minimum Gasteiger partial charge on any atom is -0.497 e. The zero-order valence-corrected chi connectivity index (χ0v) is 24.5. The van der Waals surface area contributed by atoms with Crippen molar-refractivity contribution in [1.29, 1.82) is 0 Å². The second-order valence-electron chi connectivity index (χ2n) is 10.0. The molecule has 0 unspecified atom stereocenters. The molecule has 1 atom stereocenters. The maximum atomic E-state index is 13.8. The van der Waals surface area contributed by atoms with Crippen molar-refractivity contribution < 1.29 is 14.3 Å². The third-order valence-corrected chi connectivity index (χ3v) is 7.31. The lowest BCUT2D eigenvalue weighted by molar-refractivity contribution is -0.140. The Morgan fingerprint density at radius 2 is 1.68 bits per heavy atom. The number of nitrogens with one attached hydrogen (secondary N) is 1. The van der Waals surface area contributed by atoms with Gasteiger partial charge in [-0.3, -0.25) is 9.59 Å². The van der Waals surface area contributed by atoms with Crippen LogP contribution < -0.4 is 10.1 Å². The molecule has 0 fully saturated rings. The van der Waals surface area contributed by atoms with Crippen molar-refractivity contribution in [1.82, 2.24) is 10.2 Å². The van der Waals surface area contributed by atoms with Gasteiger partial charge in [-0.25, -0.2) is 0 Å². The summed E-state index contributed by atoms with van der Waals surface area (Å²) in [6, 6.07) is 22.0. The molecule has 0 aliphatic rings. The molecule has 5 nitrogen and oxygen atoms in total. The van der Waals surface area contributed by atoms with E-state index < -0.39 is 11.6 Å². The summed E-state index contributed by atoms with van der Waals surface area (Å²) in [6.07, 6.45) is 0.395. The zero-order valence-electron chi connectivity index (χ0n) is 22.2. The molecule has 38 heavy (non-hydrogen) atoms. The maximum Gasteiger partial charge on any atom is 0.243 e. The normalized spacial score (nSPS) is 12.1. The van der Waals surface area contributed by atoms with Crippen molar-refractivity contribution in [2.24, 2.45) is 0 Å². The number of hydrogen-bond acceptors (Lipinski definition) is 4. The SMILES string of the molecule is COc1cccc(CN(C(=O)CSCc2ccc(Cl)cc2Cl)[C@@H](Cc2ccccc2)C(=O)NC(C)(C)C)c1. The van der Waals surface area contributed by atoms with Crippen molar-refractivity contribution in [3.63, 3.8) is 0 Å². The average molecular weight is 574 g/mol. The maximum absolute atomic E-state index is 13.8.